The molecule has 0 aliphatic rings. The molecule has 1 aromatic rings. The van der Waals surface area contributed by atoms with Crippen molar-refractivity contribution in [3.05, 3.63) is 29.3 Å². The number of carbonyl (C=O) groups excluding carboxylic acids is 1. The van der Waals surface area contributed by atoms with Crippen molar-refractivity contribution >= 4 is 17.6 Å². The van der Waals surface area contributed by atoms with E-state index in [1.807, 2.05) is 0 Å². The first-order chi connectivity index (χ1) is 8.75. The lowest BCUT2D eigenvalue weighted by atomic mass is 10.1. The Labute approximate surface area is 106 Å². The molecular weight excluding hydrogens is 265 g/mol. The summed E-state index contributed by atoms with van der Waals surface area (Å²) in [5, 5.41) is 13.6. The zero-order chi connectivity index (χ0) is 14.6. The maximum absolute atomic E-state index is 12.5. The van der Waals surface area contributed by atoms with Gasteiger partial charge in [-0.05, 0) is 18.2 Å². The van der Waals surface area contributed by atoms with Crippen LogP contribution in [-0.2, 0) is 11.0 Å². The molecule has 5 nitrogen and oxygen atoms in total. The molecule has 0 atom stereocenters. The van der Waals surface area contributed by atoms with Crippen LogP contribution < -0.4 is 10.6 Å². The van der Waals surface area contributed by atoms with Crippen LogP contribution in [0, 0.1) is 0 Å². The van der Waals surface area contributed by atoms with Crippen molar-refractivity contribution < 1.29 is 27.9 Å². The molecule has 19 heavy (non-hydrogen) atoms. The zero-order valence-corrected chi connectivity index (χ0v) is 9.84. The van der Waals surface area contributed by atoms with E-state index in [2.05, 4.69) is 10.6 Å². The summed E-state index contributed by atoms with van der Waals surface area (Å²) in [5.74, 6) is -1.93. The molecule has 0 aliphatic heterocycles. The second kappa shape index (κ2) is 5.59. The van der Waals surface area contributed by atoms with Gasteiger partial charge in [0, 0.05) is 12.7 Å². The van der Waals surface area contributed by atoms with Crippen LogP contribution in [0.4, 0.5) is 18.9 Å². The normalized spacial score (nSPS) is 10.9. The third kappa shape index (κ3) is 3.87. The summed E-state index contributed by atoms with van der Waals surface area (Å²) in [6, 6.07) is 2.25. The average Bonchev–Trinajstić information content (AvgIpc) is 2.34. The molecule has 104 valence electrons. The Balaban J connectivity index is 3.05. The molecule has 0 radical (unpaired) electrons. The Morgan fingerprint density at radius 3 is 2.42 bits per heavy atom. The van der Waals surface area contributed by atoms with E-state index in [0.29, 0.717) is 6.07 Å². The maximum Gasteiger partial charge on any atom is 0.416 e. The lowest BCUT2D eigenvalue weighted by molar-refractivity contribution is -0.137. The number of carbonyl (C=O) groups is 2. The molecule has 8 heteroatoms. The molecule has 0 heterocycles. The minimum absolute atomic E-state index is 0.0518. The van der Waals surface area contributed by atoms with Crippen molar-refractivity contribution in [2.24, 2.45) is 0 Å². The minimum Gasteiger partial charge on any atom is -0.478 e. The highest BCUT2D eigenvalue weighted by Crippen LogP contribution is 2.31. The third-order valence-corrected chi connectivity index (χ3v) is 2.30. The van der Waals surface area contributed by atoms with Crippen molar-refractivity contribution in [1.82, 2.24) is 5.32 Å². The van der Waals surface area contributed by atoms with Gasteiger partial charge in [0.1, 0.15) is 0 Å². The zero-order valence-electron chi connectivity index (χ0n) is 9.84. The number of rotatable bonds is 4. The van der Waals surface area contributed by atoms with E-state index in [4.69, 9.17) is 5.11 Å². The van der Waals surface area contributed by atoms with E-state index in [1.165, 1.54) is 7.05 Å². The van der Waals surface area contributed by atoms with Gasteiger partial charge in [-0.1, -0.05) is 0 Å². The topological polar surface area (TPSA) is 78.4 Å². The molecule has 0 saturated carbocycles. The second-order valence-electron chi connectivity index (χ2n) is 3.59. The van der Waals surface area contributed by atoms with Gasteiger partial charge in [0.2, 0.25) is 5.91 Å². The van der Waals surface area contributed by atoms with Gasteiger partial charge in [-0.25, -0.2) is 4.79 Å². The van der Waals surface area contributed by atoms with E-state index in [-0.39, 0.29) is 12.2 Å². The molecule has 1 aromatic carbocycles. The standard InChI is InChI=1S/C11H11F3N2O3/c1-15-9(17)5-16-8-3-2-6(11(12,13)14)4-7(8)10(18)19/h2-4,16H,5H2,1H3,(H,15,17)(H,18,19). The van der Waals surface area contributed by atoms with Gasteiger partial charge >= 0.3 is 12.1 Å². The van der Waals surface area contributed by atoms with Crippen LogP contribution in [0.3, 0.4) is 0 Å². The van der Waals surface area contributed by atoms with E-state index >= 15 is 0 Å². The SMILES string of the molecule is CNC(=O)CNc1ccc(C(F)(F)F)cc1C(=O)O. The molecule has 1 amide bonds. The number of amides is 1. The number of carboxylic acids is 1. The number of hydrogen-bond donors (Lipinski definition) is 3. The van der Waals surface area contributed by atoms with Crippen LogP contribution in [0.5, 0.6) is 0 Å². The molecule has 1 rings (SSSR count). The summed E-state index contributed by atoms with van der Waals surface area (Å²) in [4.78, 5) is 21.9. The lowest BCUT2D eigenvalue weighted by Crippen LogP contribution is -2.26. The number of carboxylic acid groups (broad SMARTS) is 1. The van der Waals surface area contributed by atoms with Crippen molar-refractivity contribution in [2.75, 3.05) is 18.9 Å². The fourth-order valence-corrected chi connectivity index (χ4v) is 1.32. The average molecular weight is 276 g/mol. The van der Waals surface area contributed by atoms with E-state index in [9.17, 15) is 22.8 Å². The van der Waals surface area contributed by atoms with Gasteiger partial charge in [0.15, 0.2) is 0 Å². The van der Waals surface area contributed by atoms with E-state index in [0.717, 1.165) is 12.1 Å². The number of benzene rings is 1. The van der Waals surface area contributed by atoms with Crippen LogP contribution in [-0.4, -0.2) is 30.6 Å². The first-order valence-electron chi connectivity index (χ1n) is 5.14. The van der Waals surface area contributed by atoms with Gasteiger partial charge in [-0.15, -0.1) is 0 Å². The molecule has 0 spiro atoms. The number of hydrogen-bond acceptors (Lipinski definition) is 3. The molecule has 0 aliphatic carbocycles. The summed E-state index contributed by atoms with van der Waals surface area (Å²) in [6.07, 6.45) is -4.62. The maximum atomic E-state index is 12.5. The Hall–Kier alpha value is -2.25. The molecule has 0 aromatic heterocycles. The summed E-state index contributed by atoms with van der Waals surface area (Å²) in [6.45, 7) is -0.234. The van der Waals surface area contributed by atoms with E-state index in [1.54, 1.807) is 0 Å². The third-order valence-electron chi connectivity index (χ3n) is 2.30. The number of aromatic carboxylic acids is 1. The van der Waals surface area contributed by atoms with Gasteiger partial charge in [0.25, 0.3) is 0 Å². The Bertz CT molecular complexity index is 500. The highest BCUT2D eigenvalue weighted by Gasteiger charge is 2.31. The number of alkyl halides is 3. The number of likely N-dealkylation sites (N-methyl/N-ethyl adjacent to an activating group) is 1. The monoisotopic (exact) mass is 276 g/mol. The molecule has 3 N–H and O–H groups in total. The predicted molar refractivity (Wildman–Crippen MR) is 61.0 cm³/mol. The molecular formula is C11H11F3N2O3. The van der Waals surface area contributed by atoms with Gasteiger partial charge < -0.3 is 15.7 Å². The van der Waals surface area contributed by atoms with Crippen molar-refractivity contribution in [1.29, 1.82) is 0 Å². The highest BCUT2D eigenvalue weighted by molar-refractivity contribution is 5.95. The van der Waals surface area contributed by atoms with Crippen LogP contribution >= 0.6 is 0 Å². The Morgan fingerprint density at radius 1 is 1.32 bits per heavy atom. The number of halogens is 3. The summed E-state index contributed by atoms with van der Waals surface area (Å²) in [7, 11) is 1.38. The molecule has 0 bridgehead atoms. The highest BCUT2D eigenvalue weighted by atomic mass is 19.4. The van der Waals surface area contributed by atoms with Crippen LogP contribution in [0.15, 0.2) is 18.2 Å². The fourth-order valence-electron chi connectivity index (χ4n) is 1.32. The fraction of sp³-hybridized carbons (Fsp3) is 0.273. The molecule has 0 saturated heterocycles. The number of anilines is 1. The first-order valence-corrected chi connectivity index (χ1v) is 5.14. The van der Waals surface area contributed by atoms with Crippen molar-refractivity contribution in [2.45, 2.75) is 6.18 Å². The summed E-state index contributed by atoms with van der Waals surface area (Å²) < 4.78 is 37.4. The number of nitrogens with one attached hydrogen (secondary N) is 2. The lowest BCUT2D eigenvalue weighted by Gasteiger charge is -2.12. The molecule has 0 fully saturated rings. The Morgan fingerprint density at radius 2 is 1.95 bits per heavy atom. The summed E-state index contributed by atoms with van der Waals surface area (Å²) in [5.41, 5.74) is -1.65. The minimum atomic E-state index is -4.62. The quantitative estimate of drug-likeness (QED) is 0.780. The van der Waals surface area contributed by atoms with Crippen LogP contribution in [0.1, 0.15) is 15.9 Å². The second-order valence-corrected chi connectivity index (χ2v) is 3.59. The Kier molecular flexibility index (Phi) is 4.36. The van der Waals surface area contributed by atoms with Crippen molar-refractivity contribution in [3.63, 3.8) is 0 Å². The van der Waals surface area contributed by atoms with Gasteiger partial charge in [0.05, 0.1) is 17.7 Å². The predicted octanol–water partition coefficient (Wildman–Crippen LogP) is 1.56. The van der Waals surface area contributed by atoms with Crippen molar-refractivity contribution in [3.8, 4) is 0 Å². The van der Waals surface area contributed by atoms with Gasteiger partial charge in [-0.3, -0.25) is 4.79 Å². The largest absolute Gasteiger partial charge is 0.478 e. The first kappa shape index (κ1) is 14.8. The van der Waals surface area contributed by atoms with Crippen LogP contribution in [0.25, 0.3) is 0 Å². The van der Waals surface area contributed by atoms with Crippen LogP contribution in [0.2, 0.25) is 0 Å². The van der Waals surface area contributed by atoms with Gasteiger partial charge in [-0.2, -0.15) is 13.2 Å². The molecule has 0 unspecified atom stereocenters. The smallest absolute Gasteiger partial charge is 0.416 e. The summed E-state index contributed by atoms with van der Waals surface area (Å²) >= 11 is 0. The van der Waals surface area contributed by atoms with E-state index < -0.39 is 29.2 Å².